The van der Waals surface area contributed by atoms with Crippen LogP contribution in [-0.2, 0) is 0 Å². The molecule has 0 aliphatic rings. The summed E-state index contributed by atoms with van der Waals surface area (Å²) in [5.74, 6) is -0.582. The van der Waals surface area contributed by atoms with Crippen LogP contribution in [0.25, 0.3) is 0 Å². The lowest BCUT2D eigenvalue weighted by atomic mass is 10.0. The summed E-state index contributed by atoms with van der Waals surface area (Å²) in [7, 11) is 0. The van der Waals surface area contributed by atoms with Crippen molar-refractivity contribution in [3.8, 4) is 0 Å². The lowest BCUT2D eigenvalue weighted by molar-refractivity contribution is 0.0934. The molecule has 2 atom stereocenters. The molecule has 2 unspecified atom stereocenters. The Hall–Kier alpha value is -3.09. The number of amides is 1. The molecule has 26 heavy (non-hydrogen) atoms. The van der Waals surface area contributed by atoms with E-state index in [0.29, 0.717) is 0 Å². The van der Waals surface area contributed by atoms with Gasteiger partial charge < -0.3 is 5.32 Å². The second kappa shape index (κ2) is 7.86. The van der Waals surface area contributed by atoms with Crippen LogP contribution < -0.4 is 5.32 Å². The van der Waals surface area contributed by atoms with Gasteiger partial charge in [-0.1, -0.05) is 24.3 Å². The van der Waals surface area contributed by atoms with Crippen molar-refractivity contribution in [2.24, 2.45) is 0 Å². The highest BCUT2D eigenvalue weighted by Gasteiger charge is 2.18. The van der Waals surface area contributed by atoms with E-state index >= 15 is 0 Å². The van der Waals surface area contributed by atoms with E-state index in [-0.39, 0.29) is 29.5 Å². The third-order valence-corrected chi connectivity index (χ3v) is 4.26. The van der Waals surface area contributed by atoms with Crippen molar-refractivity contribution in [2.75, 3.05) is 0 Å². The summed E-state index contributed by atoms with van der Waals surface area (Å²) in [6.07, 6.45) is 5.72. The van der Waals surface area contributed by atoms with Crippen LogP contribution in [0.4, 0.5) is 4.39 Å². The van der Waals surface area contributed by atoms with Gasteiger partial charge in [-0.05, 0) is 48.7 Å². The van der Waals surface area contributed by atoms with Crippen molar-refractivity contribution in [3.05, 3.63) is 77.6 Å². The van der Waals surface area contributed by atoms with E-state index in [1.807, 2.05) is 26.0 Å². The molecule has 2 heterocycles. The molecule has 0 aliphatic heterocycles. The predicted octanol–water partition coefficient (Wildman–Crippen LogP) is 3.30. The Labute approximate surface area is 151 Å². The van der Waals surface area contributed by atoms with E-state index in [2.05, 4.69) is 20.6 Å². The smallest absolute Gasteiger partial charge is 0.273 e. The number of hydrogen-bond donors (Lipinski definition) is 1. The standard InChI is InChI=1S/C19H20FN5O/c1-3-18(15-4-6-16(20)7-5-15)25-12-17(23-24-25)19(26)22-13(2)14-8-10-21-11-9-14/h4-13,18H,3H2,1-2H3,(H,22,26). The molecule has 0 bridgehead atoms. The predicted molar refractivity (Wildman–Crippen MR) is 95.0 cm³/mol. The molecule has 1 N–H and O–H groups in total. The zero-order chi connectivity index (χ0) is 18.5. The monoisotopic (exact) mass is 353 g/mol. The summed E-state index contributed by atoms with van der Waals surface area (Å²) >= 11 is 0. The Balaban J connectivity index is 1.73. The average molecular weight is 353 g/mol. The number of rotatable bonds is 6. The zero-order valence-electron chi connectivity index (χ0n) is 14.6. The number of carbonyl (C=O) groups excluding carboxylic acids is 1. The molecule has 0 saturated heterocycles. The summed E-state index contributed by atoms with van der Waals surface area (Å²) < 4.78 is 14.8. The van der Waals surface area contributed by atoms with Crippen molar-refractivity contribution < 1.29 is 9.18 Å². The number of nitrogens with one attached hydrogen (secondary N) is 1. The van der Waals surface area contributed by atoms with Gasteiger partial charge in [-0.15, -0.1) is 5.10 Å². The van der Waals surface area contributed by atoms with E-state index in [4.69, 9.17) is 0 Å². The summed E-state index contributed by atoms with van der Waals surface area (Å²) in [5, 5.41) is 11.0. The summed E-state index contributed by atoms with van der Waals surface area (Å²) in [6.45, 7) is 3.89. The molecule has 1 amide bonds. The number of pyridine rings is 1. The highest BCUT2D eigenvalue weighted by molar-refractivity contribution is 5.92. The van der Waals surface area contributed by atoms with Crippen molar-refractivity contribution in [1.82, 2.24) is 25.3 Å². The minimum atomic E-state index is -0.297. The Morgan fingerprint density at radius 3 is 2.50 bits per heavy atom. The molecule has 0 aliphatic carbocycles. The van der Waals surface area contributed by atoms with Gasteiger partial charge >= 0.3 is 0 Å². The van der Waals surface area contributed by atoms with E-state index in [1.54, 1.807) is 35.4 Å². The van der Waals surface area contributed by atoms with E-state index in [0.717, 1.165) is 17.5 Å². The maximum atomic E-state index is 13.1. The van der Waals surface area contributed by atoms with Crippen molar-refractivity contribution in [1.29, 1.82) is 0 Å². The van der Waals surface area contributed by atoms with Crippen molar-refractivity contribution in [3.63, 3.8) is 0 Å². The van der Waals surface area contributed by atoms with Gasteiger partial charge in [-0.2, -0.15) is 0 Å². The molecule has 0 radical (unpaired) electrons. The lowest BCUT2D eigenvalue weighted by Gasteiger charge is -2.15. The minimum absolute atomic E-state index is 0.109. The number of halogens is 1. The maximum Gasteiger partial charge on any atom is 0.273 e. The van der Waals surface area contributed by atoms with Gasteiger partial charge in [0.25, 0.3) is 5.91 Å². The van der Waals surface area contributed by atoms with E-state index in [1.165, 1.54) is 12.1 Å². The molecule has 0 fully saturated rings. The molecule has 0 spiro atoms. The first-order valence-electron chi connectivity index (χ1n) is 8.46. The van der Waals surface area contributed by atoms with Crippen LogP contribution >= 0.6 is 0 Å². The maximum absolute atomic E-state index is 13.1. The molecule has 3 rings (SSSR count). The van der Waals surface area contributed by atoms with Crippen LogP contribution in [-0.4, -0.2) is 25.9 Å². The SMILES string of the molecule is CCC(c1ccc(F)cc1)n1cc(C(=O)NC(C)c2ccncc2)nn1. The minimum Gasteiger partial charge on any atom is -0.344 e. The molecular formula is C19H20FN5O. The van der Waals surface area contributed by atoms with Crippen LogP contribution in [0.2, 0.25) is 0 Å². The van der Waals surface area contributed by atoms with E-state index in [9.17, 15) is 9.18 Å². The molecule has 0 saturated carbocycles. The average Bonchev–Trinajstić information content (AvgIpc) is 3.14. The van der Waals surface area contributed by atoms with Gasteiger partial charge in [0, 0.05) is 12.4 Å². The third-order valence-electron chi connectivity index (χ3n) is 4.26. The molecule has 134 valence electrons. The van der Waals surface area contributed by atoms with E-state index < -0.39 is 0 Å². The number of carbonyl (C=O) groups is 1. The van der Waals surface area contributed by atoms with Crippen molar-refractivity contribution >= 4 is 5.91 Å². The summed E-state index contributed by atoms with van der Waals surface area (Å²) in [4.78, 5) is 16.4. The Morgan fingerprint density at radius 2 is 1.85 bits per heavy atom. The van der Waals surface area contributed by atoms with Gasteiger partial charge in [0.2, 0.25) is 0 Å². The van der Waals surface area contributed by atoms with Crippen LogP contribution in [0.15, 0.2) is 55.0 Å². The Kier molecular flexibility index (Phi) is 5.36. The highest BCUT2D eigenvalue weighted by atomic mass is 19.1. The lowest BCUT2D eigenvalue weighted by Crippen LogP contribution is -2.27. The molecular weight excluding hydrogens is 333 g/mol. The Bertz CT molecular complexity index is 863. The van der Waals surface area contributed by atoms with Crippen LogP contribution in [0, 0.1) is 5.82 Å². The molecule has 3 aromatic rings. The first-order chi connectivity index (χ1) is 12.6. The number of hydrogen-bond acceptors (Lipinski definition) is 4. The van der Waals surface area contributed by atoms with Gasteiger partial charge in [-0.3, -0.25) is 9.78 Å². The fourth-order valence-corrected chi connectivity index (χ4v) is 2.80. The van der Waals surface area contributed by atoms with Crippen LogP contribution in [0.5, 0.6) is 0 Å². The second-order valence-electron chi connectivity index (χ2n) is 6.04. The first-order valence-corrected chi connectivity index (χ1v) is 8.46. The molecule has 1 aromatic carbocycles. The highest BCUT2D eigenvalue weighted by Crippen LogP contribution is 2.21. The molecule has 7 heteroatoms. The quantitative estimate of drug-likeness (QED) is 0.738. The normalized spacial score (nSPS) is 13.2. The molecule has 6 nitrogen and oxygen atoms in total. The number of nitrogens with zero attached hydrogens (tertiary/aromatic N) is 4. The van der Waals surface area contributed by atoms with Crippen molar-refractivity contribution in [2.45, 2.75) is 32.4 Å². The van der Waals surface area contributed by atoms with Crippen LogP contribution in [0.3, 0.4) is 0 Å². The Morgan fingerprint density at radius 1 is 1.15 bits per heavy atom. The summed E-state index contributed by atoms with van der Waals surface area (Å²) in [6, 6.07) is 9.69. The zero-order valence-corrected chi connectivity index (χ0v) is 14.6. The topological polar surface area (TPSA) is 72.7 Å². The van der Waals surface area contributed by atoms with Gasteiger partial charge in [0.15, 0.2) is 5.69 Å². The number of aromatic nitrogens is 4. The fourth-order valence-electron chi connectivity index (χ4n) is 2.80. The third kappa shape index (κ3) is 3.93. The van der Waals surface area contributed by atoms with Gasteiger partial charge in [0.1, 0.15) is 5.82 Å². The largest absolute Gasteiger partial charge is 0.344 e. The number of benzene rings is 1. The first kappa shape index (κ1) is 17.7. The second-order valence-corrected chi connectivity index (χ2v) is 6.04. The van der Waals surface area contributed by atoms with Gasteiger partial charge in [0.05, 0.1) is 18.3 Å². The molecule has 2 aromatic heterocycles. The van der Waals surface area contributed by atoms with Crippen LogP contribution in [0.1, 0.15) is 54.0 Å². The summed E-state index contributed by atoms with van der Waals surface area (Å²) in [5.41, 5.74) is 2.11. The fraction of sp³-hybridized carbons (Fsp3) is 0.263. The van der Waals surface area contributed by atoms with Gasteiger partial charge in [-0.25, -0.2) is 9.07 Å².